The van der Waals surface area contributed by atoms with Gasteiger partial charge in [0, 0.05) is 16.7 Å². The van der Waals surface area contributed by atoms with E-state index < -0.39 is 5.41 Å². The van der Waals surface area contributed by atoms with Crippen LogP contribution in [0.1, 0.15) is 27.8 Å². The van der Waals surface area contributed by atoms with Gasteiger partial charge < -0.3 is 0 Å². The average molecular weight is 701 g/mol. The molecule has 55 heavy (non-hydrogen) atoms. The number of benzene rings is 8. The standard InChI is InChI=1S/C51H32N4/c52-33-34-23-27-44-45-28-26-39(32-47(45)51(46(44)29-34,42-19-6-2-7-20-42)43-21-8-3-9-22-43)38-17-12-18-40(31-38)49-53-48(36-14-4-1-5-15-36)54-50(55-49)41-25-24-35-13-10-11-16-37(35)30-41/h1-32H. The van der Waals surface area contributed by atoms with Crippen LogP contribution in [0.5, 0.6) is 0 Å². The molecule has 0 N–H and O–H groups in total. The minimum atomic E-state index is -0.624. The van der Waals surface area contributed by atoms with Crippen LogP contribution in [0.4, 0.5) is 0 Å². The molecule has 1 aromatic heterocycles. The summed E-state index contributed by atoms with van der Waals surface area (Å²) in [5.74, 6) is 1.86. The van der Waals surface area contributed by atoms with Crippen molar-refractivity contribution in [2.75, 3.05) is 0 Å². The van der Waals surface area contributed by atoms with Gasteiger partial charge in [0.2, 0.25) is 0 Å². The molecule has 9 aromatic rings. The predicted molar refractivity (Wildman–Crippen MR) is 221 cm³/mol. The summed E-state index contributed by atoms with van der Waals surface area (Å²) in [4.78, 5) is 15.1. The van der Waals surface area contributed by atoms with E-state index in [1.807, 2.05) is 36.4 Å². The zero-order chi connectivity index (χ0) is 36.8. The Hall–Kier alpha value is -7.48. The van der Waals surface area contributed by atoms with Gasteiger partial charge in [-0.2, -0.15) is 5.26 Å². The number of nitriles is 1. The third kappa shape index (κ3) is 5.41. The molecule has 0 atom stereocenters. The first-order valence-corrected chi connectivity index (χ1v) is 18.4. The zero-order valence-electron chi connectivity index (χ0n) is 29.8. The van der Waals surface area contributed by atoms with Crippen LogP contribution < -0.4 is 0 Å². The highest BCUT2D eigenvalue weighted by molar-refractivity contribution is 5.90. The minimum Gasteiger partial charge on any atom is -0.208 e. The summed E-state index contributed by atoms with van der Waals surface area (Å²) in [6, 6.07) is 69.9. The van der Waals surface area contributed by atoms with Crippen molar-refractivity contribution in [2.24, 2.45) is 0 Å². The first-order valence-electron chi connectivity index (χ1n) is 18.4. The Morgan fingerprint density at radius 1 is 0.364 bits per heavy atom. The monoisotopic (exact) mass is 700 g/mol. The summed E-state index contributed by atoms with van der Waals surface area (Å²) >= 11 is 0. The molecule has 1 heterocycles. The molecule has 0 saturated heterocycles. The van der Waals surface area contributed by atoms with Crippen LogP contribution in [0.3, 0.4) is 0 Å². The fourth-order valence-corrected chi connectivity index (χ4v) is 8.25. The van der Waals surface area contributed by atoms with E-state index in [1.165, 1.54) is 10.9 Å². The fourth-order valence-electron chi connectivity index (χ4n) is 8.25. The lowest BCUT2D eigenvalue weighted by atomic mass is 9.67. The lowest BCUT2D eigenvalue weighted by Gasteiger charge is -2.34. The molecule has 0 fully saturated rings. The Balaban J connectivity index is 1.15. The minimum absolute atomic E-state index is 0.611. The van der Waals surface area contributed by atoms with E-state index in [9.17, 15) is 5.26 Å². The van der Waals surface area contributed by atoms with Crippen molar-refractivity contribution in [2.45, 2.75) is 5.41 Å². The molecule has 0 spiro atoms. The lowest BCUT2D eigenvalue weighted by molar-refractivity contribution is 0.768. The summed E-state index contributed by atoms with van der Waals surface area (Å²) in [5, 5.41) is 12.4. The lowest BCUT2D eigenvalue weighted by Crippen LogP contribution is -2.28. The van der Waals surface area contributed by atoms with Crippen molar-refractivity contribution in [3.05, 3.63) is 222 Å². The summed E-state index contributed by atoms with van der Waals surface area (Å²) in [6.45, 7) is 0. The van der Waals surface area contributed by atoms with E-state index in [1.54, 1.807) is 0 Å². The van der Waals surface area contributed by atoms with Gasteiger partial charge in [0.05, 0.1) is 17.0 Å². The summed E-state index contributed by atoms with van der Waals surface area (Å²) < 4.78 is 0. The Morgan fingerprint density at radius 3 is 1.53 bits per heavy atom. The molecule has 0 aliphatic heterocycles. The molecule has 1 aliphatic carbocycles. The van der Waals surface area contributed by atoms with E-state index in [0.717, 1.165) is 61.0 Å². The Bertz CT molecular complexity index is 2890. The van der Waals surface area contributed by atoms with Crippen molar-refractivity contribution < 1.29 is 0 Å². The molecular formula is C51H32N4. The molecule has 0 bridgehead atoms. The molecule has 0 amide bonds. The zero-order valence-corrected chi connectivity index (χ0v) is 29.8. The second-order valence-electron chi connectivity index (χ2n) is 13.9. The van der Waals surface area contributed by atoms with Crippen molar-refractivity contribution in [1.82, 2.24) is 15.0 Å². The molecule has 0 unspecified atom stereocenters. The second kappa shape index (κ2) is 13.2. The summed E-state index contributed by atoms with van der Waals surface area (Å²) in [7, 11) is 0. The van der Waals surface area contributed by atoms with Gasteiger partial charge >= 0.3 is 0 Å². The van der Waals surface area contributed by atoms with Gasteiger partial charge in [-0.15, -0.1) is 0 Å². The third-order valence-corrected chi connectivity index (χ3v) is 10.8. The molecule has 8 aromatic carbocycles. The van der Waals surface area contributed by atoms with Crippen LogP contribution in [-0.4, -0.2) is 15.0 Å². The van der Waals surface area contributed by atoms with E-state index in [2.05, 4.69) is 164 Å². The Kier molecular flexibility index (Phi) is 7.71. The number of hydrogen-bond acceptors (Lipinski definition) is 4. The normalized spacial score (nSPS) is 12.5. The maximum absolute atomic E-state index is 10.1. The third-order valence-electron chi connectivity index (χ3n) is 10.8. The van der Waals surface area contributed by atoms with Crippen LogP contribution in [0, 0.1) is 11.3 Å². The van der Waals surface area contributed by atoms with E-state index in [0.29, 0.717) is 23.0 Å². The Morgan fingerprint density at radius 2 is 0.855 bits per heavy atom. The molecule has 4 nitrogen and oxygen atoms in total. The number of nitrogens with zero attached hydrogens (tertiary/aromatic N) is 4. The predicted octanol–water partition coefficient (Wildman–Crippen LogP) is 11.9. The molecule has 4 heteroatoms. The first-order chi connectivity index (χ1) is 27.2. The number of fused-ring (bicyclic) bond motifs is 4. The van der Waals surface area contributed by atoms with Crippen LogP contribution in [0.15, 0.2) is 194 Å². The molecule has 256 valence electrons. The maximum Gasteiger partial charge on any atom is 0.164 e. The van der Waals surface area contributed by atoms with Gasteiger partial charge in [0.15, 0.2) is 17.5 Å². The number of rotatable bonds is 6. The van der Waals surface area contributed by atoms with Gasteiger partial charge in [-0.3, -0.25) is 0 Å². The number of aromatic nitrogens is 3. The Labute approximate surface area is 319 Å². The highest BCUT2D eigenvalue weighted by Crippen LogP contribution is 2.57. The number of hydrogen-bond donors (Lipinski definition) is 0. The van der Waals surface area contributed by atoms with Crippen molar-refractivity contribution in [3.8, 4) is 62.5 Å². The highest BCUT2D eigenvalue weighted by Gasteiger charge is 2.46. The largest absolute Gasteiger partial charge is 0.208 e. The smallest absolute Gasteiger partial charge is 0.164 e. The topological polar surface area (TPSA) is 62.5 Å². The van der Waals surface area contributed by atoms with Crippen molar-refractivity contribution in [3.63, 3.8) is 0 Å². The quantitative estimate of drug-likeness (QED) is 0.173. The van der Waals surface area contributed by atoms with E-state index in [-0.39, 0.29) is 0 Å². The summed E-state index contributed by atoms with van der Waals surface area (Å²) in [5.41, 5.74) is 11.8. The van der Waals surface area contributed by atoms with Crippen LogP contribution in [0.2, 0.25) is 0 Å². The summed E-state index contributed by atoms with van der Waals surface area (Å²) in [6.07, 6.45) is 0. The molecule has 0 saturated carbocycles. The molecule has 0 radical (unpaired) electrons. The van der Waals surface area contributed by atoms with Crippen LogP contribution in [0.25, 0.3) is 67.2 Å². The van der Waals surface area contributed by atoms with Crippen LogP contribution in [-0.2, 0) is 5.41 Å². The maximum atomic E-state index is 10.1. The highest BCUT2D eigenvalue weighted by atomic mass is 15.0. The average Bonchev–Trinajstić information content (AvgIpc) is 3.56. The van der Waals surface area contributed by atoms with Gasteiger partial charge in [-0.05, 0) is 85.6 Å². The van der Waals surface area contributed by atoms with Crippen molar-refractivity contribution >= 4 is 10.8 Å². The van der Waals surface area contributed by atoms with Gasteiger partial charge in [0.1, 0.15) is 0 Å². The van der Waals surface area contributed by atoms with Crippen molar-refractivity contribution in [1.29, 1.82) is 5.26 Å². The fraction of sp³-hybridized carbons (Fsp3) is 0.0196. The van der Waals surface area contributed by atoms with E-state index in [4.69, 9.17) is 15.0 Å². The van der Waals surface area contributed by atoms with E-state index >= 15 is 0 Å². The molecular weight excluding hydrogens is 669 g/mol. The van der Waals surface area contributed by atoms with Gasteiger partial charge in [0.25, 0.3) is 0 Å². The van der Waals surface area contributed by atoms with Gasteiger partial charge in [-0.25, -0.2) is 15.0 Å². The second-order valence-corrected chi connectivity index (χ2v) is 13.9. The van der Waals surface area contributed by atoms with Gasteiger partial charge in [-0.1, -0.05) is 164 Å². The molecule has 10 rings (SSSR count). The first kappa shape index (κ1) is 32.2. The molecule has 1 aliphatic rings. The SMILES string of the molecule is N#Cc1ccc2c(c1)C(c1ccccc1)(c1ccccc1)c1cc(-c3cccc(-c4nc(-c5ccccc5)nc(-c5ccc6ccccc6c5)n4)c3)ccc1-2. The van der Waals surface area contributed by atoms with Crippen LogP contribution >= 0.6 is 0 Å².